The van der Waals surface area contributed by atoms with Crippen LogP contribution in [0.4, 0.5) is 0 Å². The summed E-state index contributed by atoms with van der Waals surface area (Å²) in [5.74, 6) is 0. The first-order chi connectivity index (χ1) is 8.66. The Balaban J connectivity index is 2.44. The highest BCUT2D eigenvalue weighted by molar-refractivity contribution is 6.67. The molecule has 0 aliphatic carbocycles. The number of rotatable bonds is 1. The summed E-state index contributed by atoms with van der Waals surface area (Å²) in [5.41, 5.74) is 1.89. The van der Waals surface area contributed by atoms with E-state index in [-0.39, 0.29) is 0 Å². The highest BCUT2D eigenvalue weighted by atomic mass is 35.5. The zero-order valence-corrected chi connectivity index (χ0v) is 10.7. The Morgan fingerprint density at radius 1 is 1.00 bits per heavy atom. The molecule has 1 aromatic heterocycles. The molecule has 18 heavy (non-hydrogen) atoms. The number of para-hydroxylation sites is 1. The van der Waals surface area contributed by atoms with Crippen molar-refractivity contribution in [3.8, 4) is 0 Å². The van der Waals surface area contributed by atoms with Gasteiger partial charge < -0.3 is 0 Å². The van der Waals surface area contributed by atoms with Crippen molar-refractivity contribution >= 4 is 50.3 Å². The average molecular weight is 276 g/mol. The van der Waals surface area contributed by atoms with Crippen LogP contribution in [0, 0.1) is 0 Å². The van der Waals surface area contributed by atoms with E-state index in [4.69, 9.17) is 23.2 Å². The van der Waals surface area contributed by atoms with Crippen LogP contribution >= 0.6 is 23.2 Å². The zero-order valence-electron chi connectivity index (χ0n) is 9.15. The van der Waals surface area contributed by atoms with E-state index in [9.17, 15) is 4.79 Å². The number of aromatic nitrogens is 1. The number of benzene rings is 2. The molecule has 0 amide bonds. The Kier molecular flexibility index (Phi) is 2.69. The Morgan fingerprint density at radius 3 is 2.50 bits per heavy atom. The number of nitrogens with zero attached hydrogens (tertiary/aromatic N) is 1. The van der Waals surface area contributed by atoms with Gasteiger partial charge in [0.2, 0.25) is 0 Å². The largest absolute Gasteiger partial charge is 0.276 e. The molecule has 0 bridgehead atoms. The standard InChI is InChI=1S/C14H7Cl2NO/c15-13-9-3-1-2-4-11(9)17-12-7-8(14(16)18)5-6-10(12)13/h1-7H. The number of halogens is 2. The van der Waals surface area contributed by atoms with Gasteiger partial charge in [-0.1, -0.05) is 35.9 Å². The Hall–Kier alpha value is -1.64. The van der Waals surface area contributed by atoms with Gasteiger partial charge in [0.15, 0.2) is 0 Å². The van der Waals surface area contributed by atoms with Gasteiger partial charge in [0.1, 0.15) is 0 Å². The van der Waals surface area contributed by atoms with Crippen molar-refractivity contribution < 1.29 is 4.79 Å². The van der Waals surface area contributed by atoms with E-state index in [0.717, 1.165) is 16.3 Å². The average Bonchev–Trinajstić information content (AvgIpc) is 2.38. The third-order valence-corrected chi connectivity index (χ3v) is 3.47. The Morgan fingerprint density at radius 2 is 1.72 bits per heavy atom. The molecular formula is C14H7Cl2NO. The minimum Gasteiger partial charge on any atom is -0.276 e. The summed E-state index contributed by atoms with van der Waals surface area (Å²) in [7, 11) is 0. The second-order valence-electron chi connectivity index (χ2n) is 3.95. The van der Waals surface area contributed by atoms with E-state index in [1.54, 1.807) is 18.2 Å². The van der Waals surface area contributed by atoms with Gasteiger partial charge in [-0.25, -0.2) is 4.98 Å². The normalized spacial score (nSPS) is 11.0. The molecule has 88 valence electrons. The van der Waals surface area contributed by atoms with E-state index in [1.165, 1.54) is 0 Å². The molecule has 0 saturated carbocycles. The molecule has 0 atom stereocenters. The van der Waals surface area contributed by atoms with Crippen LogP contribution in [0.2, 0.25) is 5.02 Å². The van der Waals surface area contributed by atoms with Crippen molar-refractivity contribution in [1.82, 2.24) is 4.98 Å². The summed E-state index contributed by atoms with van der Waals surface area (Å²) >= 11 is 11.8. The second kappa shape index (κ2) is 4.23. The van der Waals surface area contributed by atoms with Crippen LogP contribution < -0.4 is 0 Å². The van der Waals surface area contributed by atoms with Crippen LogP contribution in [0.5, 0.6) is 0 Å². The molecule has 0 saturated heterocycles. The maximum Gasteiger partial charge on any atom is 0.252 e. The van der Waals surface area contributed by atoms with Gasteiger partial charge in [0.25, 0.3) is 5.24 Å². The Bertz CT molecular complexity index is 783. The first-order valence-electron chi connectivity index (χ1n) is 5.34. The predicted molar refractivity (Wildman–Crippen MR) is 74.4 cm³/mol. The molecule has 0 aliphatic rings. The predicted octanol–water partition coefficient (Wildman–Crippen LogP) is 4.42. The number of hydrogen-bond acceptors (Lipinski definition) is 2. The third-order valence-electron chi connectivity index (χ3n) is 2.84. The molecule has 0 N–H and O–H groups in total. The quantitative estimate of drug-likeness (QED) is 0.486. The van der Waals surface area contributed by atoms with Gasteiger partial charge >= 0.3 is 0 Å². The van der Waals surface area contributed by atoms with Gasteiger partial charge in [-0.2, -0.15) is 0 Å². The number of hydrogen-bond donors (Lipinski definition) is 0. The SMILES string of the molecule is O=C(Cl)c1ccc2c(Cl)c3ccccc3nc2c1. The van der Waals surface area contributed by atoms with Gasteiger partial charge in [0, 0.05) is 16.3 Å². The first kappa shape index (κ1) is 11.5. The maximum absolute atomic E-state index is 11.1. The van der Waals surface area contributed by atoms with Crippen molar-refractivity contribution in [2.75, 3.05) is 0 Å². The first-order valence-corrected chi connectivity index (χ1v) is 6.10. The van der Waals surface area contributed by atoms with Crippen LogP contribution in [0.3, 0.4) is 0 Å². The molecular weight excluding hydrogens is 269 g/mol. The lowest BCUT2D eigenvalue weighted by Gasteiger charge is -2.05. The molecule has 2 nitrogen and oxygen atoms in total. The molecule has 0 aliphatic heterocycles. The van der Waals surface area contributed by atoms with Gasteiger partial charge in [-0.3, -0.25) is 4.79 Å². The fourth-order valence-electron chi connectivity index (χ4n) is 1.96. The topological polar surface area (TPSA) is 30.0 Å². The summed E-state index contributed by atoms with van der Waals surface area (Å²) in [6.45, 7) is 0. The minimum atomic E-state index is -0.497. The molecule has 0 unspecified atom stereocenters. The molecule has 0 radical (unpaired) electrons. The van der Waals surface area contributed by atoms with Crippen LogP contribution in [-0.4, -0.2) is 10.2 Å². The smallest absolute Gasteiger partial charge is 0.252 e. The van der Waals surface area contributed by atoms with E-state index in [2.05, 4.69) is 4.98 Å². The molecule has 2 aromatic carbocycles. The molecule has 1 heterocycles. The van der Waals surface area contributed by atoms with Crippen molar-refractivity contribution in [3.63, 3.8) is 0 Å². The van der Waals surface area contributed by atoms with Crippen molar-refractivity contribution in [3.05, 3.63) is 53.1 Å². The van der Waals surface area contributed by atoms with Gasteiger partial charge in [-0.15, -0.1) is 0 Å². The zero-order chi connectivity index (χ0) is 12.7. The molecule has 4 heteroatoms. The highest BCUT2D eigenvalue weighted by Crippen LogP contribution is 2.30. The number of carbonyl (C=O) groups is 1. The number of pyridine rings is 1. The lowest BCUT2D eigenvalue weighted by molar-refractivity contribution is 0.108. The van der Waals surface area contributed by atoms with Gasteiger partial charge in [-0.05, 0) is 29.8 Å². The maximum atomic E-state index is 11.1. The minimum absolute atomic E-state index is 0.419. The lowest BCUT2D eigenvalue weighted by Crippen LogP contribution is -1.91. The van der Waals surface area contributed by atoms with Crippen LogP contribution in [0.1, 0.15) is 10.4 Å². The molecule has 0 spiro atoms. The third kappa shape index (κ3) is 1.74. The molecule has 3 rings (SSSR count). The van der Waals surface area contributed by atoms with E-state index < -0.39 is 5.24 Å². The van der Waals surface area contributed by atoms with Crippen LogP contribution in [0.15, 0.2) is 42.5 Å². The van der Waals surface area contributed by atoms with E-state index in [0.29, 0.717) is 16.1 Å². The summed E-state index contributed by atoms with van der Waals surface area (Å²) in [6.07, 6.45) is 0. The van der Waals surface area contributed by atoms with Gasteiger partial charge in [0.05, 0.1) is 16.1 Å². The fourth-order valence-corrected chi connectivity index (χ4v) is 2.40. The highest BCUT2D eigenvalue weighted by Gasteiger charge is 2.09. The lowest BCUT2D eigenvalue weighted by atomic mass is 10.1. The number of carbonyl (C=O) groups excluding carboxylic acids is 1. The summed E-state index contributed by atoms with van der Waals surface area (Å²) in [6, 6.07) is 12.7. The van der Waals surface area contributed by atoms with Crippen LogP contribution in [-0.2, 0) is 0 Å². The van der Waals surface area contributed by atoms with Crippen molar-refractivity contribution in [1.29, 1.82) is 0 Å². The fraction of sp³-hybridized carbons (Fsp3) is 0. The van der Waals surface area contributed by atoms with Crippen LogP contribution in [0.25, 0.3) is 21.8 Å². The summed E-state index contributed by atoms with van der Waals surface area (Å²) in [4.78, 5) is 15.6. The number of fused-ring (bicyclic) bond motifs is 2. The summed E-state index contributed by atoms with van der Waals surface area (Å²) < 4.78 is 0. The van der Waals surface area contributed by atoms with E-state index in [1.807, 2.05) is 24.3 Å². The molecule has 0 fully saturated rings. The van der Waals surface area contributed by atoms with E-state index >= 15 is 0 Å². The summed E-state index contributed by atoms with van der Waals surface area (Å²) in [5, 5.41) is 1.86. The Labute approximate surface area is 113 Å². The van der Waals surface area contributed by atoms with Crippen molar-refractivity contribution in [2.24, 2.45) is 0 Å². The van der Waals surface area contributed by atoms with Crippen molar-refractivity contribution in [2.45, 2.75) is 0 Å². The second-order valence-corrected chi connectivity index (χ2v) is 4.67. The monoisotopic (exact) mass is 275 g/mol. The molecule has 3 aromatic rings.